The van der Waals surface area contributed by atoms with Crippen molar-refractivity contribution in [3.05, 3.63) is 63.8 Å². The molecule has 1 saturated heterocycles. The first-order valence-corrected chi connectivity index (χ1v) is 12.5. The van der Waals surface area contributed by atoms with Gasteiger partial charge in [0.05, 0.1) is 15.1 Å². The van der Waals surface area contributed by atoms with Crippen molar-refractivity contribution < 1.29 is 13.2 Å². The Morgan fingerprint density at radius 1 is 1.13 bits per heavy atom. The van der Waals surface area contributed by atoms with E-state index in [1.54, 1.807) is 22.8 Å². The summed E-state index contributed by atoms with van der Waals surface area (Å²) in [4.78, 5) is 12.4. The molecule has 0 bridgehead atoms. The Morgan fingerprint density at radius 2 is 1.87 bits per heavy atom. The number of hydrogen-bond acceptors (Lipinski definition) is 5. The lowest BCUT2D eigenvalue weighted by Crippen LogP contribution is -2.44. The number of fused-ring (bicyclic) bond motifs is 1. The minimum Gasteiger partial charge on any atom is -0.381 e. The molecule has 1 fully saturated rings. The molecule has 0 saturated carbocycles. The summed E-state index contributed by atoms with van der Waals surface area (Å²) < 4.78 is 36.9. The van der Waals surface area contributed by atoms with Crippen LogP contribution in [0.3, 0.4) is 0 Å². The summed E-state index contributed by atoms with van der Waals surface area (Å²) in [7, 11) is -3.71. The van der Waals surface area contributed by atoms with Crippen LogP contribution in [-0.4, -0.2) is 32.7 Å². The molecule has 0 spiro atoms. The Labute approximate surface area is 180 Å². The van der Waals surface area contributed by atoms with Gasteiger partial charge in [-0.25, -0.2) is 13.1 Å². The molecule has 6 nitrogen and oxygen atoms in total. The van der Waals surface area contributed by atoms with Gasteiger partial charge in [-0.2, -0.15) is 0 Å². The fraction of sp³-hybridized carbons (Fsp3) is 0.409. The Hall–Kier alpha value is -2.00. The van der Waals surface area contributed by atoms with Gasteiger partial charge in [-0.1, -0.05) is 48.6 Å². The van der Waals surface area contributed by atoms with E-state index in [0.717, 1.165) is 41.7 Å². The lowest BCUT2D eigenvalue weighted by molar-refractivity contribution is 0.0517. The standard InChI is InChI=1S/C22H26N2O4S2/c1-2-12-24-19-9-8-18(15-20(19)29-21(24)25)30(26,27)23-16-22(10-13-28-14-11-22)17-6-4-3-5-7-17/h3-9,15,23H,2,10-14,16H2,1H3. The first kappa shape index (κ1) is 21.2. The van der Waals surface area contributed by atoms with Gasteiger partial charge in [0.15, 0.2) is 0 Å². The van der Waals surface area contributed by atoms with Crippen LogP contribution in [0, 0.1) is 0 Å². The number of aromatic nitrogens is 1. The van der Waals surface area contributed by atoms with Crippen LogP contribution in [0.25, 0.3) is 10.2 Å². The van der Waals surface area contributed by atoms with Gasteiger partial charge < -0.3 is 4.74 Å². The lowest BCUT2D eigenvalue weighted by Gasteiger charge is -2.37. The molecule has 2 aromatic carbocycles. The molecular formula is C22H26N2O4S2. The van der Waals surface area contributed by atoms with Crippen molar-refractivity contribution in [2.75, 3.05) is 19.8 Å². The largest absolute Gasteiger partial charge is 0.381 e. The molecule has 0 aliphatic carbocycles. The molecule has 3 aromatic rings. The zero-order chi connectivity index (χ0) is 21.2. The van der Waals surface area contributed by atoms with Crippen LogP contribution in [0.5, 0.6) is 0 Å². The highest BCUT2D eigenvalue weighted by Gasteiger charge is 2.35. The Bertz CT molecular complexity index is 1180. The second kappa shape index (κ2) is 8.63. The summed E-state index contributed by atoms with van der Waals surface area (Å²) in [5, 5.41) is 0. The Balaban J connectivity index is 1.61. The molecule has 0 unspecified atom stereocenters. The number of sulfonamides is 1. The molecule has 0 atom stereocenters. The van der Waals surface area contributed by atoms with Gasteiger partial charge in [0.25, 0.3) is 0 Å². The normalized spacial score (nSPS) is 16.7. The van der Waals surface area contributed by atoms with E-state index in [0.29, 0.717) is 31.0 Å². The SMILES string of the molecule is CCCn1c(=O)sc2cc(S(=O)(=O)NCC3(c4ccccc4)CCOCC3)ccc21. The zero-order valence-electron chi connectivity index (χ0n) is 17.0. The highest BCUT2D eigenvalue weighted by atomic mass is 32.2. The first-order chi connectivity index (χ1) is 14.5. The number of ether oxygens (including phenoxy) is 1. The van der Waals surface area contributed by atoms with Gasteiger partial charge in [0.1, 0.15) is 0 Å². The summed E-state index contributed by atoms with van der Waals surface area (Å²) in [5.41, 5.74) is 1.63. The van der Waals surface area contributed by atoms with Crippen LogP contribution >= 0.6 is 11.3 Å². The van der Waals surface area contributed by atoms with E-state index in [-0.39, 0.29) is 15.2 Å². The molecule has 0 radical (unpaired) electrons. The molecule has 4 rings (SSSR count). The van der Waals surface area contributed by atoms with Crippen molar-refractivity contribution in [1.29, 1.82) is 0 Å². The molecule has 8 heteroatoms. The van der Waals surface area contributed by atoms with Crippen molar-refractivity contribution in [2.45, 2.75) is 43.0 Å². The number of benzene rings is 2. The monoisotopic (exact) mass is 446 g/mol. The average molecular weight is 447 g/mol. The predicted octanol–water partition coefficient (Wildman–Crippen LogP) is 3.50. The maximum Gasteiger partial charge on any atom is 0.308 e. The van der Waals surface area contributed by atoms with E-state index in [2.05, 4.69) is 16.9 Å². The van der Waals surface area contributed by atoms with Crippen LogP contribution < -0.4 is 9.60 Å². The summed E-state index contributed by atoms with van der Waals surface area (Å²) in [6.45, 7) is 4.18. The van der Waals surface area contributed by atoms with Crippen LogP contribution in [0.1, 0.15) is 31.7 Å². The van der Waals surface area contributed by atoms with Crippen molar-refractivity contribution >= 4 is 31.6 Å². The fourth-order valence-electron chi connectivity index (χ4n) is 4.09. The molecular weight excluding hydrogens is 420 g/mol. The zero-order valence-corrected chi connectivity index (χ0v) is 18.6. The number of hydrogen-bond donors (Lipinski definition) is 1. The highest BCUT2D eigenvalue weighted by Crippen LogP contribution is 2.34. The maximum atomic E-state index is 13.1. The van der Waals surface area contributed by atoms with Crippen LogP contribution in [-0.2, 0) is 26.7 Å². The van der Waals surface area contributed by atoms with E-state index in [1.807, 2.05) is 25.1 Å². The predicted molar refractivity (Wildman–Crippen MR) is 120 cm³/mol. The van der Waals surface area contributed by atoms with E-state index in [1.165, 1.54) is 0 Å². The van der Waals surface area contributed by atoms with Gasteiger partial charge in [0, 0.05) is 31.7 Å². The van der Waals surface area contributed by atoms with Crippen molar-refractivity contribution in [2.24, 2.45) is 0 Å². The van der Waals surface area contributed by atoms with E-state index in [4.69, 9.17) is 4.74 Å². The van der Waals surface area contributed by atoms with Gasteiger partial charge in [0.2, 0.25) is 10.0 Å². The molecule has 2 heterocycles. The number of aryl methyl sites for hydroxylation is 1. The van der Waals surface area contributed by atoms with Crippen LogP contribution in [0.4, 0.5) is 0 Å². The third-order valence-corrected chi connectivity index (χ3v) is 8.17. The Morgan fingerprint density at radius 3 is 2.57 bits per heavy atom. The third-order valence-electron chi connectivity index (χ3n) is 5.83. The van der Waals surface area contributed by atoms with Crippen LogP contribution in [0.15, 0.2) is 58.2 Å². The van der Waals surface area contributed by atoms with Gasteiger partial charge in [-0.05, 0) is 43.0 Å². The summed E-state index contributed by atoms with van der Waals surface area (Å²) in [5.74, 6) is 0. The quantitative estimate of drug-likeness (QED) is 0.603. The van der Waals surface area contributed by atoms with Crippen LogP contribution in [0.2, 0.25) is 0 Å². The van der Waals surface area contributed by atoms with Gasteiger partial charge in [-0.3, -0.25) is 9.36 Å². The Kier molecular flexibility index (Phi) is 6.11. The first-order valence-electron chi connectivity index (χ1n) is 10.2. The number of nitrogens with zero attached hydrogens (tertiary/aromatic N) is 1. The minimum absolute atomic E-state index is 0.0559. The second-order valence-corrected chi connectivity index (χ2v) is 10.5. The smallest absolute Gasteiger partial charge is 0.308 e. The fourth-order valence-corrected chi connectivity index (χ4v) is 6.27. The molecule has 1 aromatic heterocycles. The van der Waals surface area contributed by atoms with E-state index < -0.39 is 10.0 Å². The number of rotatable bonds is 7. The molecule has 1 aliphatic heterocycles. The molecule has 30 heavy (non-hydrogen) atoms. The lowest BCUT2D eigenvalue weighted by atomic mass is 9.74. The molecule has 1 N–H and O–H groups in total. The van der Waals surface area contributed by atoms with Crippen molar-refractivity contribution in [3.8, 4) is 0 Å². The van der Waals surface area contributed by atoms with Gasteiger partial charge in [-0.15, -0.1) is 0 Å². The highest BCUT2D eigenvalue weighted by molar-refractivity contribution is 7.89. The van der Waals surface area contributed by atoms with E-state index in [9.17, 15) is 13.2 Å². The minimum atomic E-state index is -3.71. The topological polar surface area (TPSA) is 77.4 Å². The molecule has 1 aliphatic rings. The number of thiazole rings is 1. The average Bonchev–Trinajstić information content (AvgIpc) is 3.08. The molecule has 160 valence electrons. The third kappa shape index (κ3) is 4.09. The molecule has 0 amide bonds. The second-order valence-electron chi connectivity index (χ2n) is 7.73. The maximum absolute atomic E-state index is 13.1. The van der Waals surface area contributed by atoms with Crippen molar-refractivity contribution in [1.82, 2.24) is 9.29 Å². The van der Waals surface area contributed by atoms with Gasteiger partial charge >= 0.3 is 4.87 Å². The summed E-state index contributed by atoms with van der Waals surface area (Å²) in [6.07, 6.45) is 2.37. The summed E-state index contributed by atoms with van der Waals surface area (Å²) >= 11 is 1.09. The number of nitrogens with one attached hydrogen (secondary N) is 1. The van der Waals surface area contributed by atoms with E-state index >= 15 is 0 Å². The van der Waals surface area contributed by atoms with Crippen molar-refractivity contribution in [3.63, 3.8) is 0 Å². The summed E-state index contributed by atoms with van der Waals surface area (Å²) in [6, 6.07) is 15.0.